The van der Waals surface area contributed by atoms with Gasteiger partial charge in [0.25, 0.3) is 0 Å². The Morgan fingerprint density at radius 2 is 1.89 bits per heavy atom. The molecule has 0 radical (unpaired) electrons. The number of ether oxygens (including phenoxy) is 3. The number of nitrogen functional groups attached to an aromatic ring is 1. The van der Waals surface area contributed by atoms with Crippen LogP contribution in [0.2, 0.25) is 0 Å². The van der Waals surface area contributed by atoms with Gasteiger partial charge in [-0.05, 0) is 104 Å². The summed E-state index contributed by atoms with van der Waals surface area (Å²) in [6, 6.07) is 1.15. The van der Waals surface area contributed by atoms with Crippen molar-refractivity contribution in [2.24, 2.45) is 46.3 Å². The van der Waals surface area contributed by atoms with Crippen LogP contribution >= 0.6 is 0 Å². The van der Waals surface area contributed by atoms with Gasteiger partial charge in [0.05, 0.1) is 19.1 Å². The maximum atomic E-state index is 14.7. The van der Waals surface area contributed by atoms with Crippen molar-refractivity contribution in [3.63, 3.8) is 0 Å². The van der Waals surface area contributed by atoms with Gasteiger partial charge in [-0.3, -0.25) is 14.2 Å². The van der Waals surface area contributed by atoms with E-state index in [4.69, 9.17) is 19.9 Å². The van der Waals surface area contributed by atoms with Crippen LogP contribution in [-0.2, 0) is 23.8 Å². The van der Waals surface area contributed by atoms with Gasteiger partial charge in [0.1, 0.15) is 18.5 Å². The molecule has 1 amide bonds. The SMILES string of the molecule is CC(C)CCCC(C)C1CCC2C3CC=C4CC(OCCNC(=O)CCC(=O)OCC5OC(n6ccc(N)nc6=O)C(F)(F)C5O)CCC4(C)C3CCC12C. The number of hydrogen-bond donors (Lipinski definition) is 3. The van der Waals surface area contributed by atoms with Gasteiger partial charge in [0.2, 0.25) is 12.1 Å². The van der Waals surface area contributed by atoms with Crippen molar-refractivity contribution in [1.29, 1.82) is 0 Å². The molecule has 13 heteroatoms. The highest BCUT2D eigenvalue weighted by molar-refractivity contribution is 5.81. The predicted molar refractivity (Wildman–Crippen MR) is 204 cm³/mol. The van der Waals surface area contributed by atoms with Gasteiger partial charge in [-0.2, -0.15) is 13.8 Å². The third-order valence-electron chi connectivity index (χ3n) is 14.5. The summed E-state index contributed by atoms with van der Waals surface area (Å²) >= 11 is 0. The highest BCUT2D eigenvalue weighted by atomic mass is 19.3. The van der Waals surface area contributed by atoms with Crippen molar-refractivity contribution in [3.05, 3.63) is 34.4 Å². The Morgan fingerprint density at radius 1 is 1.11 bits per heavy atom. The molecular formula is C42H64F2N4O7. The van der Waals surface area contributed by atoms with Crippen molar-refractivity contribution in [3.8, 4) is 0 Å². The first-order valence-corrected chi connectivity index (χ1v) is 20.8. The standard InChI is InChI=1S/C42H64F2N4O7/c1-25(2)7-6-8-26(3)30-11-12-31-29-10-9-27-23-28(15-18-40(27,4)32(29)16-19-41(30,31)5)53-22-20-46-35(49)13-14-36(50)54-24-33-37(51)42(43,44)38(55-33)48-21-17-34(45)47-39(48)52/h9,17,21,25-26,28-33,37-38,51H,6-8,10-16,18-20,22-24H2,1-5H3,(H,46,49)(H2,45,47,52). The molecule has 0 bridgehead atoms. The Balaban J connectivity index is 0.894. The molecule has 11 unspecified atom stereocenters. The molecule has 308 valence electrons. The van der Waals surface area contributed by atoms with E-state index in [0.717, 1.165) is 67.0 Å². The van der Waals surface area contributed by atoms with E-state index >= 15 is 0 Å². The minimum atomic E-state index is -3.86. The maximum absolute atomic E-state index is 14.7. The summed E-state index contributed by atoms with van der Waals surface area (Å²) in [7, 11) is 0. The zero-order valence-electron chi connectivity index (χ0n) is 33.4. The number of nitrogens with two attached hydrogens (primary N) is 1. The molecule has 4 N–H and O–H groups in total. The number of nitrogens with zero attached hydrogens (tertiary/aromatic N) is 2. The molecule has 5 aliphatic rings. The van der Waals surface area contributed by atoms with E-state index in [1.165, 1.54) is 51.4 Å². The van der Waals surface area contributed by atoms with E-state index < -0.39 is 42.6 Å². The summed E-state index contributed by atoms with van der Waals surface area (Å²) in [5.41, 5.74) is 6.64. The molecular weight excluding hydrogens is 710 g/mol. The lowest BCUT2D eigenvalue weighted by molar-refractivity contribution is -0.151. The zero-order valence-corrected chi connectivity index (χ0v) is 33.4. The molecule has 3 saturated carbocycles. The number of aliphatic hydroxyl groups is 1. The lowest BCUT2D eigenvalue weighted by Gasteiger charge is -2.58. The number of esters is 1. The minimum Gasteiger partial charge on any atom is -0.463 e. The van der Waals surface area contributed by atoms with Crippen LogP contribution in [0.1, 0.15) is 124 Å². The number of aliphatic hydroxyl groups excluding tert-OH is 1. The van der Waals surface area contributed by atoms with Gasteiger partial charge in [-0.25, -0.2) is 4.79 Å². The summed E-state index contributed by atoms with van der Waals surface area (Å²) in [6.07, 6.45) is 11.0. The highest BCUT2D eigenvalue weighted by Crippen LogP contribution is 2.67. The Hall–Kier alpha value is -2.90. The van der Waals surface area contributed by atoms with Crippen LogP contribution in [0.3, 0.4) is 0 Å². The van der Waals surface area contributed by atoms with Crippen molar-refractivity contribution < 1.29 is 37.7 Å². The summed E-state index contributed by atoms with van der Waals surface area (Å²) in [5, 5.41) is 12.9. The first kappa shape index (κ1) is 41.7. The second kappa shape index (κ2) is 16.9. The average Bonchev–Trinajstić information content (AvgIpc) is 3.60. The Bertz CT molecular complexity index is 1620. The summed E-state index contributed by atoms with van der Waals surface area (Å²) in [4.78, 5) is 40.2. The number of hydrogen-bond acceptors (Lipinski definition) is 9. The lowest BCUT2D eigenvalue weighted by atomic mass is 9.47. The fraction of sp³-hybridized carbons (Fsp3) is 0.810. The molecule has 11 atom stereocenters. The number of anilines is 1. The molecule has 4 fully saturated rings. The molecule has 11 nitrogen and oxygen atoms in total. The number of halogens is 2. The van der Waals surface area contributed by atoms with Crippen LogP contribution < -0.4 is 16.7 Å². The number of nitrogens with one attached hydrogen (secondary N) is 1. The van der Waals surface area contributed by atoms with Crippen molar-refractivity contribution in [1.82, 2.24) is 14.9 Å². The average molecular weight is 775 g/mol. The van der Waals surface area contributed by atoms with Crippen molar-refractivity contribution in [2.45, 2.75) is 149 Å². The van der Waals surface area contributed by atoms with Crippen LogP contribution in [0.4, 0.5) is 14.6 Å². The van der Waals surface area contributed by atoms with Crippen LogP contribution in [0.15, 0.2) is 28.7 Å². The zero-order chi connectivity index (χ0) is 39.7. The van der Waals surface area contributed by atoms with Gasteiger partial charge in [0.15, 0.2) is 6.10 Å². The number of alkyl halides is 2. The fourth-order valence-electron chi connectivity index (χ4n) is 11.5. The Morgan fingerprint density at radius 3 is 2.64 bits per heavy atom. The van der Waals surface area contributed by atoms with Gasteiger partial charge in [0, 0.05) is 19.2 Å². The quantitative estimate of drug-likeness (QED) is 0.102. The molecule has 0 aromatic carbocycles. The Kier molecular flexibility index (Phi) is 12.8. The number of carbonyl (C=O) groups is 2. The molecule has 2 heterocycles. The Labute approximate surface area is 324 Å². The topological polar surface area (TPSA) is 155 Å². The molecule has 1 aromatic heterocycles. The normalized spacial score (nSPS) is 35.7. The smallest absolute Gasteiger partial charge is 0.351 e. The van der Waals surface area contributed by atoms with Gasteiger partial charge >= 0.3 is 17.6 Å². The number of carbonyl (C=O) groups excluding carboxylic acids is 2. The fourth-order valence-corrected chi connectivity index (χ4v) is 11.5. The lowest BCUT2D eigenvalue weighted by Crippen LogP contribution is -2.51. The number of rotatable bonds is 15. The second-order valence-corrected chi connectivity index (χ2v) is 18.2. The summed E-state index contributed by atoms with van der Waals surface area (Å²) < 4.78 is 46.5. The number of aromatic nitrogens is 2. The molecule has 4 aliphatic carbocycles. The molecule has 55 heavy (non-hydrogen) atoms. The summed E-state index contributed by atoms with van der Waals surface area (Å²) in [5.74, 6) is -0.360. The van der Waals surface area contributed by atoms with Gasteiger partial charge in [-0.1, -0.05) is 65.5 Å². The van der Waals surface area contributed by atoms with E-state index in [9.17, 15) is 28.3 Å². The van der Waals surface area contributed by atoms with Crippen LogP contribution in [0, 0.1) is 46.3 Å². The van der Waals surface area contributed by atoms with Crippen molar-refractivity contribution >= 4 is 17.7 Å². The third-order valence-corrected chi connectivity index (χ3v) is 14.5. The number of allylic oxidation sites excluding steroid dienone is 1. The van der Waals surface area contributed by atoms with Gasteiger partial charge < -0.3 is 30.4 Å². The minimum absolute atomic E-state index is 0.120. The number of fused-ring (bicyclic) bond motifs is 5. The van der Waals surface area contributed by atoms with E-state index in [-0.39, 0.29) is 36.1 Å². The van der Waals surface area contributed by atoms with E-state index in [1.807, 2.05) is 0 Å². The number of amides is 1. The molecule has 0 spiro atoms. The largest absolute Gasteiger partial charge is 0.463 e. The van der Waals surface area contributed by atoms with Crippen LogP contribution in [0.5, 0.6) is 0 Å². The highest BCUT2D eigenvalue weighted by Gasteiger charge is 2.61. The van der Waals surface area contributed by atoms with Crippen molar-refractivity contribution in [2.75, 3.05) is 25.5 Å². The van der Waals surface area contributed by atoms with Gasteiger partial charge in [-0.15, -0.1) is 0 Å². The second-order valence-electron chi connectivity index (χ2n) is 18.2. The molecule has 1 aliphatic heterocycles. The molecule has 1 aromatic rings. The summed E-state index contributed by atoms with van der Waals surface area (Å²) in [6.45, 7) is 12.4. The monoisotopic (exact) mass is 774 g/mol. The van der Waals surface area contributed by atoms with Crippen LogP contribution in [0.25, 0.3) is 0 Å². The predicted octanol–water partition coefficient (Wildman–Crippen LogP) is 6.59. The molecule has 1 saturated heterocycles. The third kappa shape index (κ3) is 8.68. The van der Waals surface area contributed by atoms with E-state index in [1.54, 1.807) is 5.57 Å². The van der Waals surface area contributed by atoms with E-state index in [2.05, 4.69) is 51.0 Å². The van der Waals surface area contributed by atoms with E-state index in [0.29, 0.717) is 23.1 Å². The van der Waals surface area contributed by atoms with Crippen LogP contribution in [-0.4, -0.2) is 70.5 Å². The first-order chi connectivity index (χ1) is 26.0. The molecule has 6 rings (SSSR count). The first-order valence-electron chi connectivity index (χ1n) is 20.8. The maximum Gasteiger partial charge on any atom is 0.351 e.